The van der Waals surface area contributed by atoms with Crippen molar-refractivity contribution in [3.63, 3.8) is 0 Å². The van der Waals surface area contributed by atoms with Crippen LogP contribution in [-0.4, -0.2) is 0 Å². The zero-order valence-electron chi connectivity index (χ0n) is 6.88. The van der Waals surface area contributed by atoms with E-state index in [-0.39, 0.29) is 0 Å². The first-order valence-corrected chi connectivity index (χ1v) is 4.14. The van der Waals surface area contributed by atoms with Crippen molar-refractivity contribution in [2.75, 3.05) is 0 Å². The van der Waals surface area contributed by atoms with Gasteiger partial charge in [0, 0.05) is 0 Å². The van der Waals surface area contributed by atoms with E-state index in [1.54, 1.807) is 0 Å². The van der Waals surface area contributed by atoms with Gasteiger partial charge in [-0.15, -0.1) is 0 Å². The maximum atomic E-state index is 2.33. The van der Waals surface area contributed by atoms with Crippen molar-refractivity contribution in [3.8, 4) is 0 Å². The van der Waals surface area contributed by atoms with Crippen LogP contribution in [0.15, 0.2) is 24.3 Å². The van der Waals surface area contributed by atoms with Crippen molar-refractivity contribution in [2.24, 2.45) is 11.8 Å². The predicted molar refractivity (Wildman–Crippen MR) is 45.8 cm³/mol. The fraction of sp³-hybridized carbons (Fsp3) is 0.600. The highest BCUT2D eigenvalue weighted by Crippen LogP contribution is 2.16. The Labute approximate surface area is 63.6 Å². The van der Waals surface area contributed by atoms with E-state index in [2.05, 4.69) is 38.2 Å². The third-order valence-corrected chi connectivity index (χ3v) is 2.21. The minimum absolute atomic E-state index is 0.719. The highest BCUT2D eigenvalue weighted by atomic mass is 14.1. The normalized spacial score (nSPS) is 33.4. The molecule has 0 spiro atoms. The topological polar surface area (TPSA) is 0 Å². The molecule has 0 bridgehead atoms. The van der Waals surface area contributed by atoms with Crippen LogP contribution in [0.2, 0.25) is 0 Å². The first-order valence-electron chi connectivity index (χ1n) is 4.14. The molecule has 0 amide bonds. The minimum Gasteiger partial charge on any atom is -0.0879 e. The third kappa shape index (κ3) is 2.02. The Morgan fingerprint density at radius 2 is 1.30 bits per heavy atom. The molecule has 0 nitrogen and oxygen atoms in total. The average molecular weight is 136 g/mol. The fourth-order valence-corrected chi connectivity index (χ4v) is 1.16. The minimum atomic E-state index is 0.719. The predicted octanol–water partition coefficient (Wildman–Crippen LogP) is 3.16. The van der Waals surface area contributed by atoms with Crippen LogP contribution in [0.1, 0.15) is 26.7 Å². The first kappa shape index (κ1) is 7.59. The molecule has 0 aromatic rings. The van der Waals surface area contributed by atoms with Gasteiger partial charge in [-0.3, -0.25) is 0 Å². The van der Waals surface area contributed by atoms with Gasteiger partial charge < -0.3 is 0 Å². The van der Waals surface area contributed by atoms with Crippen LogP contribution >= 0.6 is 0 Å². The lowest BCUT2D eigenvalue weighted by atomic mass is 9.93. The molecule has 0 saturated carbocycles. The Balaban J connectivity index is 2.55. The van der Waals surface area contributed by atoms with Gasteiger partial charge in [-0.25, -0.2) is 0 Å². The van der Waals surface area contributed by atoms with Gasteiger partial charge in [0.05, 0.1) is 0 Å². The SMILES string of the molecule is C[C@@H]1C=CCCC=C[C@@H]1C. The second kappa shape index (κ2) is 3.60. The van der Waals surface area contributed by atoms with Crippen LogP contribution in [0.3, 0.4) is 0 Å². The third-order valence-electron chi connectivity index (χ3n) is 2.21. The molecule has 0 saturated heterocycles. The van der Waals surface area contributed by atoms with Crippen LogP contribution in [0.25, 0.3) is 0 Å². The van der Waals surface area contributed by atoms with Gasteiger partial charge in [-0.1, -0.05) is 38.2 Å². The maximum absolute atomic E-state index is 2.33. The van der Waals surface area contributed by atoms with E-state index in [0.717, 1.165) is 11.8 Å². The van der Waals surface area contributed by atoms with Crippen molar-refractivity contribution in [3.05, 3.63) is 24.3 Å². The second-order valence-electron chi connectivity index (χ2n) is 3.15. The summed E-state index contributed by atoms with van der Waals surface area (Å²) in [5, 5.41) is 0. The maximum Gasteiger partial charge on any atom is -0.0202 e. The molecule has 0 unspecified atom stereocenters. The highest BCUT2D eigenvalue weighted by Gasteiger charge is 2.05. The summed E-state index contributed by atoms with van der Waals surface area (Å²) in [6, 6.07) is 0. The van der Waals surface area contributed by atoms with Crippen molar-refractivity contribution < 1.29 is 0 Å². The lowest BCUT2D eigenvalue weighted by Crippen LogP contribution is -2.02. The van der Waals surface area contributed by atoms with Gasteiger partial charge in [-0.2, -0.15) is 0 Å². The van der Waals surface area contributed by atoms with E-state index >= 15 is 0 Å². The number of rotatable bonds is 0. The molecule has 1 rings (SSSR count). The summed E-state index contributed by atoms with van der Waals surface area (Å²) in [5.74, 6) is 1.44. The Bertz CT molecular complexity index is 124. The summed E-state index contributed by atoms with van der Waals surface area (Å²) in [4.78, 5) is 0. The van der Waals surface area contributed by atoms with Crippen molar-refractivity contribution in [1.82, 2.24) is 0 Å². The van der Waals surface area contributed by atoms with E-state index in [1.165, 1.54) is 12.8 Å². The second-order valence-corrected chi connectivity index (χ2v) is 3.15. The summed E-state index contributed by atoms with van der Waals surface area (Å²) in [5.41, 5.74) is 0. The Morgan fingerprint density at radius 1 is 0.900 bits per heavy atom. The number of hydrogen-bond acceptors (Lipinski definition) is 0. The molecule has 0 heterocycles. The van der Waals surface area contributed by atoms with Crippen LogP contribution in [-0.2, 0) is 0 Å². The smallest absolute Gasteiger partial charge is 0.0202 e. The van der Waals surface area contributed by atoms with Crippen molar-refractivity contribution in [1.29, 1.82) is 0 Å². The average Bonchev–Trinajstić information content (AvgIpc) is 1.92. The van der Waals surface area contributed by atoms with E-state index in [4.69, 9.17) is 0 Å². The Kier molecular flexibility index (Phi) is 2.73. The Morgan fingerprint density at radius 3 is 1.70 bits per heavy atom. The molecule has 0 aromatic heterocycles. The zero-order valence-corrected chi connectivity index (χ0v) is 6.88. The molecule has 10 heavy (non-hydrogen) atoms. The molecule has 1 aliphatic carbocycles. The largest absolute Gasteiger partial charge is 0.0879 e. The Hall–Kier alpha value is -0.520. The molecule has 0 N–H and O–H groups in total. The number of allylic oxidation sites excluding steroid dienone is 4. The molecule has 0 aliphatic heterocycles. The number of hydrogen-bond donors (Lipinski definition) is 0. The monoisotopic (exact) mass is 136 g/mol. The molecule has 0 heteroatoms. The summed E-state index contributed by atoms with van der Waals surface area (Å²) >= 11 is 0. The standard InChI is InChI=1S/C10H16/c1-9-7-5-3-4-6-8-10(9)2/h5-10H,3-4H2,1-2H3/t9-,10+. The van der Waals surface area contributed by atoms with Crippen LogP contribution in [0.5, 0.6) is 0 Å². The fourth-order valence-electron chi connectivity index (χ4n) is 1.16. The van der Waals surface area contributed by atoms with Crippen molar-refractivity contribution >= 4 is 0 Å². The van der Waals surface area contributed by atoms with E-state index in [9.17, 15) is 0 Å². The first-order chi connectivity index (χ1) is 4.80. The molecule has 0 radical (unpaired) electrons. The quantitative estimate of drug-likeness (QED) is 0.449. The molecular formula is C10H16. The van der Waals surface area contributed by atoms with Gasteiger partial charge in [-0.05, 0) is 24.7 Å². The van der Waals surface area contributed by atoms with Crippen LogP contribution in [0.4, 0.5) is 0 Å². The molecule has 0 fully saturated rings. The van der Waals surface area contributed by atoms with E-state index in [0.29, 0.717) is 0 Å². The molecular weight excluding hydrogens is 120 g/mol. The van der Waals surface area contributed by atoms with E-state index < -0.39 is 0 Å². The zero-order chi connectivity index (χ0) is 7.40. The molecule has 56 valence electrons. The van der Waals surface area contributed by atoms with Gasteiger partial charge in [0.1, 0.15) is 0 Å². The molecule has 2 atom stereocenters. The summed E-state index contributed by atoms with van der Waals surface area (Å²) in [6.07, 6.45) is 11.7. The van der Waals surface area contributed by atoms with E-state index in [1.807, 2.05) is 0 Å². The summed E-state index contributed by atoms with van der Waals surface area (Å²) in [7, 11) is 0. The lowest BCUT2D eigenvalue weighted by Gasteiger charge is -2.13. The van der Waals surface area contributed by atoms with Crippen LogP contribution in [0, 0.1) is 11.8 Å². The van der Waals surface area contributed by atoms with Gasteiger partial charge in [0.25, 0.3) is 0 Å². The van der Waals surface area contributed by atoms with Gasteiger partial charge in [0.15, 0.2) is 0 Å². The summed E-state index contributed by atoms with van der Waals surface area (Å²) in [6.45, 7) is 4.55. The summed E-state index contributed by atoms with van der Waals surface area (Å²) < 4.78 is 0. The van der Waals surface area contributed by atoms with Gasteiger partial charge in [0.2, 0.25) is 0 Å². The molecule has 1 aliphatic rings. The van der Waals surface area contributed by atoms with Crippen molar-refractivity contribution in [2.45, 2.75) is 26.7 Å². The lowest BCUT2D eigenvalue weighted by molar-refractivity contribution is 0.552. The molecule has 0 aromatic carbocycles. The highest BCUT2D eigenvalue weighted by molar-refractivity contribution is 5.00. The van der Waals surface area contributed by atoms with Gasteiger partial charge >= 0.3 is 0 Å². The van der Waals surface area contributed by atoms with Crippen LogP contribution < -0.4 is 0 Å².